The van der Waals surface area contributed by atoms with Gasteiger partial charge in [0, 0.05) is 18.6 Å². The molecule has 6 heteroatoms. The van der Waals surface area contributed by atoms with Gasteiger partial charge in [0.05, 0.1) is 35.2 Å². The molecule has 3 aliphatic rings. The standard InChI is InChI=1S/C37H49N3O3/c1-3-5-19-43-37(42)35-31(27-12-10-9-11-25(20-27)23-41)22-30(34-26(4-2)17-18-38-36(34)35)28-15-16-33-32(21-28)39-24-40(33)29-13-7-6-8-14-29/h15-18,21-22,24-27,29,38,41H,3-14,19-20,23H2,1-2H3/t25-,26?,27?/m0/s1. The monoisotopic (exact) mass is 583 g/mol. The SMILES string of the molecule is CCCCOC(=O)c1c(C2CCCC[C@H](CO)C2)cc(-c2ccc3c(c2)ncn3C2CCCCC2)c2c1NC=CC2CC. The van der Waals surface area contributed by atoms with Gasteiger partial charge in [-0.1, -0.05) is 64.5 Å². The largest absolute Gasteiger partial charge is 0.462 e. The maximum atomic E-state index is 13.9. The van der Waals surface area contributed by atoms with Crippen molar-refractivity contribution in [1.82, 2.24) is 9.55 Å². The van der Waals surface area contributed by atoms with Gasteiger partial charge in [-0.2, -0.15) is 0 Å². The van der Waals surface area contributed by atoms with Gasteiger partial charge >= 0.3 is 5.97 Å². The first-order valence-corrected chi connectivity index (χ1v) is 17.0. The van der Waals surface area contributed by atoms with Crippen molar-refractivity contribution < 1.29 is 14.6 Å². The Bertz CT molecular complexity index is 1450. The van der Waals surface area contributed by atoms with E-state index < -0.39 is 0 Å². The number of hydrogen-bond acceptors (Lipinski definition) is 5. The van der Waals surface area contributed by atoms with E-state index in [-0.39, 0.29) is 30.3 Å². The zero-order valence-electron chi connectivity index (χ0n) is 26.1. The summed E-state index contributed by atoms with van der Waals surface area (Å²) >= 11 is 0. The first kappa shape index (κ1) is 29.9. The van der Waals surface area contributed by atoms with Gasteiger partial charge in [0.1, 0.15) is 0 Å². The highest BCUT2D eigenvalue weighted by atomic mass is 16.5. The molecule has 230 valence electrons. The van der Waals surface area contributed by atoms with E-state index in [0.717, 1.165) is 73.7 Å². The first-order valence-electron chi connectivity index (χ1n) is 17.0. The molecule has 1 aromatic heterocycles. The smallest absolute Gasteiger partial charge is 0.340 e. The lowest BCUT2D eigenvalue weighted by atomic mass is 9.77. The zero-order chi connectivity index (χ0) is 29.8. The fourth-order valence-corrected chi connectivity index (χ4v) is 7.86. The number of imidazole rings is 1. The number of aliphatic hydroxyl groups excluding tert-OH is 1. The number of hydrogen-bond donors (Lipinski definition) is 2. The van der Waals surface area contributed by atoms with Crippen LogP contribution in [0.5, 0.6) is 0 Å². The normalized spacial score (nSPS) is 22.6. The van der Waals surface area contributed by atoms with Gasteiger partial charge in [0.2, 0.25) is 0 Å². The lowest BCUT2D eigenvalue weighted by Crippen LogP contribution is -2.20. The molecule has 0 bridgehead atoms. The number of aromatic nitrogens is 2. The molecule has 0 radical (unpaired) electrons. The molecule has 43 heavy (non-hydrogen) atoms. The van der Waals surface area contributed by atoms with Gasteiger partial charge < -0.3 is 19.7 Å². The van der Waals surface area contributed by atoms with Crippen LogP contribution in [0.2, 0.25) is 0 Å². The Balaban J connectivity index is 1.50. The van der Waals surface area contributed by atoms with Crippen molar-refractivity contribution in [2.75, 3.05) is 18.5 Å². The number of nitrogens with zero attached hydrogens (tertiary/aromatic N) is 2. The van der Waals surface area contributed by atoms with E-state index in [1.807, 2.05) is 12.5 Å². The molecule has 0 spiro atoms. The third-order valence-corrected chi connectivity index (χ3v) is 10.3. The van der Waals surface area contributed by atoms with Crippen molar-refractivity contribution in [2.24, 2.45) is 5.92 Å². The fourth-order valence-electron chi connectivity index (χ4n) is 7.86. The number of ether oxygens (including phenoxy) is 1. The summed E-state index contributed by atoms with van der Waals surface area (Å²) in [6.45, 7) is 4.96. The number of nitrogens with one attached hydrogen (secondary N) is 1. The van der Waals surface area contributed by atoms with Crippen LogP contribution in [0.1, 0.15) is 137 Å². The second-order valence-corrected chi connectivity index (χ2v) is 13.1. The van der Waals surface area contributed by atoms with E-state index >= 15 is 0 Å². The van der Waals surface area contributed by atoms with Crippen molar-refractivity contribution in [1.29, 1.82) is 0 Å². The number of benzene rings is 2. The number of allylic oxidation sites excluding steroid dienone is 1. The number of anilines is 1. The van der Waals surface area contributed by atoms with Crippen molar-refractivity contribution in [2.45, 2.75) is 115 Å². The highest BCUT2D eigenvalue weighted by Crippen LogP contribution is 2.48. The highest BCUT2D eigenvalue weighted by molar-refractivity contribution is 6.01. The summed E-state index contributed by atoms with van der Waals surface area (Å²) in [7, 11) is 0. The Labute approximate surface area is 256 Å². The van der Waals surface area contributed by atoms with Crippen molar-refractivity contribution >= 4 is 22.7 Å². The Kier molecular flexibility index (Phi) is 9.52. The summed E-state index contributed by atoms with van der Waals surface area (Å²) in [5.41, 5.74) is 8.41. The van der Waals surface area contributed by atoms with Crippen molar-refractivity contribution in [3.05, 3.63) is 59.6 Å². The summed E-state index contributed by atoms with van der Waals surface area (Å²) in [4.78, 5) is 18.8. The summed E-state index contributed by atoms with van der Waals surface area (Å²) in [5.74, 6) is 0.416. The van der Waals surface area contributed by atoms with Gasteiger partial charge in [0.15, 0.2) is 0 Å². The number of aliphatic hydroxyl groups is 1. The quantitative estimate of drug-likeness (QED) is 0.149. The average Bonchev–Trinajstić information content (AvgIpc) is 3.32. The number of unbranched alkanes of at least 4 members (excludes halogenated alkanes) is 1. The molecule has 6 nitrogen and oxygen atoms in total. The molecule has 2 N–H and O–H groups in total. The molecule has 2 fully saturated rings. The molecule has 2 heterocycles. The molecule has 0 saturated heterocycles. The predicted octanol–water partition coefficient (Wildman–Crippen LogP) is 9.25. The van der Waals surface area contributed by atoms with Gasteiger partial charge in [-0.05, 0) is 103 Å². The molecule has 2 saturated carbocycles. The minimum atomic E-state index is -0.227. The molecule has 3 atom stereocenters. The Hall–Kier alpha value is -3.12. The first-order chi connectivity index (χ1) is 21.1. The van der Waals surface area contributed by atoms with Crippen molar-refractivity contribution in [3.63, 3.8) is 0 Å². The predicted molar refractivity (Wildman–Crippen MR) is 175 cm³/mol. The van der Waals surface area contributed by atoms with E-state index in [1.165, 1.54) is 48.7 Å². The summed E-state index contributed by atoms with van der Waals surface area (Å²) < 4.78 is 8.31. The average molecular weight is 584 g/mol. The molecule has 2 aromatic carbocycles. The minimum absolute atomic E-state index is 0.192. The van der Waals surface area contributed by atoms with Crippen LogP contribution < -0.4 is 5.32 Å². The molecule has 1 aliphatic heterocycles. The number of esters is 1. The van der Waals surface area contributed by atoms with Gasteiger partial charge in [0.25, 0.3) is 0 Å². The minimum Gasteiger partial charge on any atom is -0.462 e. The van der Waals surface area contributed by atoms with Crippen LogP contribution in [0, 0.1) is 5.92 Å². The number of carbonyl (C=O) groups excluding carboxylic acids is 1. The lowest BCUT2D eigenvalue weighted by molar-refractivity contribution is 0.0498. The maximum absolute atomic E-state index is 13.9. The third-order valence-electron chi connectivity index (χ3n) is 10.3. The molecule has 2 unspecified atom stereocenters. The molecule has 2 aliphatic carbocycles. The Morgan fingerprint density at radius 1 is 1.07 bits per heavy atom. The van der Waals surface area contributed by atoms with Crippen LogP contribution >= 0.6 is 0 Å². The number of rotatable bonds is 9. The van der Waals surface area contributed by atoms with E-state index in [2.05, 4.69) is 54.1 Å². The van der Waals surface area contributed by atoms with E-state index in [0.29, 0.717) is 18.2 Å². The highest BCUT2D eigenvalue weighted by Gasteiger charge is 2.33. The molecule has 0 amide bonds. The number of carbonyl (C=O) groups is 1. The second-order valence-electron chi connectivity index (χ2n) is 13.1. The maximum Gasteiger partial charge on any atom is 0.340 e. The molecular weight excluding hydrogens is 534 g/mol. The Morgan fingerprint density at radius 3 is 2.67 bits per heavy atom. The van der Waals surface area contributed by atoms with Gasteiger partial charge in [-0.25, -0.2) is 9.78 Å². The van der Waals surface area contributed by atoms with E-state index in [9.17, 15) is 9.90 Å². The van der Waals surface area contributed by atoms with E-state index in [4.69, 9.17) is 9.72 Å². The Morgan fingerprint density at radius 2 is 1.88 bits per heavy atom. The van der Waals surface area contributed by atoms with Crippen LogP contribution in [0.15, 0.2) is 42.9 Å². The van der Waals surface area contributed by atoms with Crippen molar-refractivity contribution in [3.8, 4) is 11.1 Å². The zero-order valence-corrected chi connectivity index (χ0v) is 26.1. The van der Waals surface area contributed by atoms with E-state index in [1.54, 1.807) is 0 Å². The summed E-state index contributed by atoms with van der Waals surface area (Å²) in [6, 6.07) is 9.61. The van der Waals surface area contributed by atoms with Crippen LogP contribution in [0.3, 0.4) is 0 Å². The van der Waals surface area contributed by atoms with Gasteiger partial charge in [-0.3, -0.25) is 0 Å². The third kappa shape index (κ3) is 6.13. The van der Waals surface area contributed by atoms with Crippen LogP contribution in [-0.4, -0.2) is 33.8 Å². The van der Waals surface area contributed by atoms with Gasteiger partial charge in [-0.15, -0.1) is 0 Å². The molecular formula is C37H49N3O3. The van der Waals surface area contributed by atoms with Crippen LogP contribution in [-0.2, 0) is 4.74 Å². The van der Waals surface area contributed by atoms with Crippen LogP contribution in [0.4, 0.5) is 5.69 Å². The summed E-state index contributed by atoms with van der Waals surface area (Å²) in [6.07, 6.45) is 20.6. The topological polar surface area (TPSA) is 76.4 Å². The molecule has 3 aromatic rings. The number of fused-ring (bicyclic) bond motifs is 2. The second kappa shape index (κ2) is 13.7. The lowest BCUT2D eigenvalue weighted by Gasteiger charge is -2.30. The fraction of sp³-hybridized carbons (Fsp3) is 0.568. The molecule has 6 rings (SSSR count). The van der Waals surface area contributed by atoms with Crippen LogP contribution in [0.25, 0.3) is 22.2 Å². The summed E-state index contributed by atoms with van der Waals surface area (Å²) in [5, 5.41) is 13.7.